The number of hydrogen-bond acceptors (Lipinski definition) is 6. The molecule has 9 heteroatoms. The average Bonchev–Trinajstić information content (AvgIpc) is 3.21. The molecule has 4 rings (SSSR count). The number of ether oxygens (including phenoxy) is 1. The molecular weight excluding hydrogens is 396 g/mol. The second kappa shape index (κ2) is 8.32. The van der Waals surface area contributed by atoms with Crippen molar-refractivity contribution in [3.63, 3.8) is 0 Å². The first kappa shape index (κ1) is 18.9. The van der Waals surface area contributed by atoms with Crippen LogP contribution in [0.3, 0.4) is 0 Å². The Morgan fingerprint density at radius 1 is 1.21 bits per heavy atom. The summed E-state index contributed by atoms with van der Waals surface area (Å²) in [5.41, 5.74) is 1.39. The van der Waals surface area contributed by atoms with Crippen molar-refractivity contribution in [2.75, 3.05) is 18.1 Å². The van der Waals surface area contributed by atoms with Crippen LogP contribution in [-0.4, -0.2) is 35.1 Å². The van der Waals surface area contributed by atoms with E-state index >= 15 is 0 Å². The van der Waals surface area contributed by atoms with Gasteiger partial charge in [0.2, 0.25) is 17.6 Å². The lowest BCUT2D eigenvalue weighted by Gasteiger charge is -2.29. The summed E-state index contributed by atoms with van der Waals surface area (Å²) < 4.78 is 10.6. The van der Waals surface area contributed by atoms with Gasteiger partial charge < -0.3 is 19.5 Å². The summed E-state index contributed by atoms with van der Waals surface area (Å²) in [4.78, 5) is 30.2. The highest BCUT2D eigenvalue weighted by molar-refractivity contribution is 6.30. The Morgan fingerprint density at radius 2 is 2.07 bits per heavy atom. The van der Waals surface area contributed by atoms with Crippen LogP contribution in [0.2, 0.25) is 5.02 Å². The molecule has 0 radical (unpaired) electrons. The maximum Gasteiger partial charge on any atom is 0.265 e. The van der Waals surface area contributed by atoms with Crippen LogP contribution in [-0.2, 0) is 16.1 Å². The lowest BCUT2D eigenvalue weighted by atomic mass is 10.2. The number of halogens is 1. The summed E-state index contributed by atoms with van der Waals surface area (Å²) in [6.07, 6.45) is 0.134. The van der Waals surface area contributed by atoms with Gasteiger partial charge in [0.1, 0.15) is 5.75 Å². The van der Waals surface area contributed by atoms with E-state index in [1.54, 1.807) is 35.2 Å². The Bertz CT molecular complexity index is 1050. The molecule has 2 amide bonds. The maximum atomic E-state index is 12.2. The number of para-hydroxylation sites is 2. The molecule has 1 aliphatic heterocycles. The van der Waals surface area contributed by atoms with Crippen molar-refractivity contribution in [2.45, 2.75) is 13.0 Å². The number of nitrogens with one attached hydrogen (secondary N) is 1. The minimum absolute atomic E-state index is 0.0348. The number of carbonyl (C=O) groups excluding carboxylic acids is 2. The van der Waals surface area contributed by atoms with Crippen molar-refractivity contribution in [2.24, 2.45) is 0 Å². The van der Waals surface area contributed by atoms with Crippen molar-refractivity contribution >= 4 is 29.1 Å². The van der Waals surface area contributed by atoms with E-state index in [1.807, 2.05) is 18.2 Å². The molecule has 29 heavy (non-hydrogen) atoms. The Morgan fingerprint density at radius 3 is 2.93 bits per heavy atom. The van der Waals surface area contributed by atoms with Gasteiger partial charge in [-0.05, 0) is 24.3 Å². The number of hydrogen-bond donors (Lipinski definition) is 1. The normalized spacial score (nSPS) is 13.0. The quantitative estimate of drug-likeness (QED) is 0.668. The minimum atomic E-state index is -0.232. The number of nitrogens with zero attached hydrogens (tertiary/aromatic N) is 3. The van der Waals surface area contributed by atoms with E-state index in [9.17, 15) is 9.59 Å². The van der Waals surface area contributed by atoms with Gasteiger partial charge in [0.05, 0.1) is 12.2 Å². The Hall–Kier alpha value is -3.39. The number of anilines is 1. The molecule has 0 saturated carbocycles. The number of fused-ring (bicyclic) bond motifs is 1. The number of rotatable bonds is 6. The van der Waals surface area contributed by atoms with Crippen LogP contribution < -0.4 is 15.0 Å². The standard InChI is InChI=1S/C20H17ClN4O4/c21-14-5-3-4-13(10-14)20-23-18(29-24-20)11-22-17(26)8-9-25-15-6-1-2-7-16(15)28-12-19(25)27/h1-7,10H,8-9,11-12H2,(H,22,26). The van der Waals surface area contributed by atoms with E-state index in [0.29, 0.717) is 22.3 Å². The third kappa shape index (κ3) is 4.38. The molecule has 0 saturated heterocycles. The Balaban J connectivity index is 1.32. The van der Waals surface area contributed by atoms with Crippen LogP contribution in [0.25, 0.3) is 11.4 Å². The second-order valence-electron chi connectivity index (χ2n) is 6.35. The van der Waals surface area contributed by atoms with Crippen LogP contribution >= 0.6 is 11.6 Å². The number of aromatic nitrogens is 2. The Labute approximate surface area is 171 Å². The third-order valence-electron chi connectivity index (χ3n) is 4.36. The van der Waals surface area contributed by atoms with Crippen molar-refractivity contribution < 1.29 is 18.8 Å². The summed E-state index contributed by atoms with van der Waals surface area (Å²) in [6, 6.07) is 14.3. The zero-order valence-corrected chi connectivity index (χ0v) is 16.1. The van der Waals surface area contributed by atoms with E-state index < -0.39 is 0 Å². The van der Waals surface area contributed by atoms with Crippen molar-refractivity contribution in [1.29, 1.82) is 0 Å². The molecule has 1 N–H and O–H groups in total. The molecule has 0 bridgehead atoms. The minimum Gasteiger partial charge on any atom is -0.482 e. The molecule has 0 aliphatic carbocycles. The molecule has 148 valence electrons. The first-order valence-corrected chi connectivity index (χ1v) is 9.35. The lowest BCUT2D eigenvalue weighted by molar-refractivity contribution is -0.122. The fourth-order valence-electron chi connectivity index (χ4n) is 2.95. The summed E-state index contributed by atoms with van der Waals surface area (Å²) in [5, 5.41) is 7.19. The molecule has 0 atom stereocenters. The fourth-order valence-corrected chi connectivity index (χ4v) is 3.14. The molecule has 0 unspecified atom stereocenters. The first-order valence-electron chi connectivity index (χ1n) is 8.97. The van der Waals surface area contributed by atoms with Gasteiger partial charge in [0, 0.05) is 23.6 Å². The highest BCUT2D eigenvalue weighted by atomic mass is 35.5. The third-order valence-corrected chi connectivity index (χ3v) is 4.59. The highest BCUT2D eigenvalue weighted by Gasteiger charge is 2.25. The summed E-state index contributed by atoms with van der Waals surface area (Å²) in [5.74, 6) is 0.893. The van der Waals surface area contributed by atoms with Gasteiger partial charge in [0.25, 0.3) is 5.91 Å². The number of amides is 2. The summed E-state index contributed by atoms with van der Waals surface area (Å²) in [7, 11) is 0. The maximum absolute atomic E-state index is 12.2. The Kier molecular flexibility index (Phi) is 5.44. The molecule has 2 aromatic carbocycles. The smallest absolute Gasteiger partial charge is 0.265 e. The van der Waals surface area contributed by atoms with E-state index in [2.05, 4.69) is 15.5 Å². The zero-order chi connectivity index (χ0) is 20.2. The zero-order valence-electron chi connectivity index (χ0n) is 15.3. The molecule has 0 spiro atoms. The molecule has 3 aromatic rings. The largest absolute Gasteiger partial charge is 0.482 e. The van der Waals surface area contributed by atoms with E-state index in [4.69, 9.17) is 20.9 Å². The van der Waals surface area contributed by atoms with Gasteiger partial charge in [-0.25, -0.2) is 0 Å². The summed E-state index contributed by atoms with van der Waals surface area (Å²) >= 11 is 5.97. The monoisotopic (exact) mass is 412 g/mol. The predicted molar refractivity (Wildman–Crippen MR) is 105 cm³/mol. The van der Waals surface area contributed by atoms with Gasteiger partial charge in [-0.15, -0.1) is 0 Å². The fraction of sp³-hybridized carbons (Fsp3) is 0.200. The predicted octanol–water partition coefficient (Wildman–Crippen LogP) is 2.82. The molecule has 1 aromatic heterocycles. The van der Waals surface area contributed by atoms with Gasteiger partial charge in [-0.1, -0.05) is 41.0 Å². The van der Waals surface area contributed by atoms with Gasteiger partial charge in [0.15, 0.2) is 6.61 Å². The van der Waals surface area contributed by atoms with Gasteiger partial charge in [-0.2, -0.15) is 4.98 Å². The number of benzene rings is 2. The first-order chi connectivity index (χ1) is 14.1. The van der Waals surface area contributed by atoms with Crippen LogP contribution in [0, 0.1) is 0 Å². The molecule has 8 nitrogen and oxygen atoms in total. The molecule has 2 heterocycles. The lowest BCUT2D eigenvalue weighted by Crippen LogP contribution is -2.41. The van der Waals surface area contributed by atoms with E-state index in [0.717, 1.165) is 5.56 Å². The topological polar surface area (TPSA) is 97.6 Å². The van der Waals surface area contributed by atoms with E-state index in [-0.39, 0.29) is 43.8 Å². The van der Waals surface area contributed by atoms with Gasteiger partial charge >= 0.3 is 0 Å². The van der Waals surface area contributed by atoms with Crippen molar-refractivity contribution in [1.82, 2.24) is 15.5 Å². The number of carbonyl (C=O) groups is 2. The van der Waals surface area contributed by atoms with Gasteiger partial charge in [-0.3, -0.25) is 9.59 Å². The van der Waals surface area contributed by atoms with Crippen molar-refractivity contribution in [3.05, 3.63) is 59.4 Å². The van der Waals surface area contributed by atoms with E-state index in [1.165, 1.54) is 0 Å². The van der Waals surface area contributed by atoms with Crippen LogP contribution in [0.5, 0.6) is 5.75 Å². The second-order valence-corrected chi connectivity index (χ2v) is 6.79. The van der Waals surface area contributed by atoms with Crippen LogP contribution in [0.1, 0.15) is 12.3 Å². The molecule has 1 aliphatic rings. The molecule has 0 fully saturated rings. The average molecular weight is 413 g/mol. The van der Waals surface area contributed by atoms with Crippen LogP contribution in [0.15, 0.2) is 53.1 Å². The highest BCUT2D eigenvalue weighted by Crippen LogP contribution is 2.31. The SMILES string of the molecule is O=C(CCN1C(=O)COc2ccccc21)NCc1nc(-c2cccc(Cl)c2)no1. The van der Waals surface area contributed by atoms with Crippen LogP contribution in [0.4, 0.5) is 5.69 Å². The van der Waals surface area contributed by atoms with Crippen molar-refractivity contribution in [3.8, 4) is 17.1 Å². The summed E-state index contributed by atoms with van der Waals surface area (Å²) in [6.45, 7) is 0.315. The molecular formula is C20H17ClN4O4.